The van der Waals surface area contributed by atoms with E-state index in [1.807, 2.05) is 6.92 Å². The van der Waals surface area contributed by atoms with Crippen LogP contribution < -0.4 is 5.32 Å². The SMILES string of the molecule is C#CCC(CC)NC(=O)C1=COCCO1. The Morgan fingerprint density at radius 3 is 3.07 bits per heavy atom. The molecule has 1 atom stereocenters. The Morgan fingerprint density at radius 1 is 1.73 bits per heavy atom. The number of terminal acetylenes is 1. The fraction of sp³-hybridized carbons (Fsp3) is 0.545. The summed E-state index contributed by atoms with van der Waals surface area (Å²) in [6.45, 7) is 2.86. The summed E-state index contributed by atoms with van der Waals surface area (Å²) in [6, 6.07) is -0.00562. The van der Waals surface area contributed by atoms with Gasteiger partial charge in [-0.25, -0.2) is 0 Å². The van der Waals surface area contributed by atoms with Crippen LogP contribution in [0.3, 0.4) is 0 Å². The van der Waals surface area contributed by atoms with E-state index in [2.05, 4.69) is 11.2 Å². The van der Waals surface area contributed by atoms with Crippen molar-refractivity contribution in [2.75, 3.05) is 13.2 Å². The van der Waals surface area contributed by atoms with Crippen LogP contribution in [0.25, 0.3) is 0 Å². The van der Waals surface area contributed by atoms with Crippen LogP contribution >= 0.6 is 0 Å². The first-order valence-corrected chi connectivity index (χ1v) is 4.96. The van der Waals surface area contributed by atoms with E-state index in [-0.39, 0.29) is 17.7 Å². The highest BCUT2D eigenvalue weighted by atomic mass is 16.6. The summed E-state index contributed by atoms with van der Waals surface area (Å²) in [4.78, 5) is 11.6. The van der Waals surface area contributed by atoms with E-state index in [4.69, 9.17) is 15.9 Å². The van der Waals surface area contributed by atoms with Crippen LogP contribution in [0.5, 0.6) is 0 Å². The first kappa shape index (κ1) is 11.4. The number of nitrogens with one attached hydrogen (secondary N) is 1. The minimum atomic E-state index is -0.267. The second kappa shape index (κ2) is 5.97. The van der Waals surface area contributed by atoms with Crippen molar-refractivity contribution < 1.29 is 14.3 Å². The van der Waals surface area contributed by atoms with Crippen molar-refractivity contribution in [1.82, 2.24) is 5.32 Å². The fourth-order valence-electron chi connectivity index (χ4n) is 1.18. The number of carbonyl (C=O) groups excluding carboxylic acids is 1. The lowest BCUT2D eigenvalue weighted by Gasteiger charge is -2.18. The fourth-order valence-corrected chi connectivity index (χ4v) is 1.18. The maximum Gasteiger partial charge on any atom is 0.289 e. The molecule has 0 radical (unpaired) electrons. The van der Waals surface area contributed by atoms with Crippen LogP contribution in [-0.4, -0.2) is 25.2 Å². The van der Waals surface area contributed by atoms with E-state index in [0.29, 0.717) is 19.6 Å². The molecule has 0 spiro atoms. The molecule has 1 heterocycles. The number of rotatable bonds is 4. The Labute approximate surface area is 89.6 Å². The zero-order valence-electron chi connectivity index (χ0n) is 8.79. The minimum absolute atomic E-state index is 0.00562. The number of carbonyl (C=O) groups is 1. The van der Waals surface area contributed by atoms with Crippen LogP contribution in [0.1, 0.15) is 19.8 Å². The molecule has 4 heteroatoms. The highest BCUT2D eigenvalue weighted by Gasteiger charge is 2.17. The summed E-state index contributed by atoms with van der Waals surface area (Å²) in [5, 5.41) is 2.78. The molecule has 0 bridgehead atoms. The summed E-state index contributed by atoms with van der Waals surface area (Å²) in [5.41, 5.74) is 0. The van der Waals surface area contributed by atoms with Crippen LogP contribution in [-0.2, 0) is 14.3 Å². The quantitative estimate of drug-likeness (QED) is 0.696. The molecule has 1 aliphatic heterocycles. The largest absolute Gasteiger partial charge is 0.494 e. The Hall–Kier alpha value is -1.63. The van der Waals surface area contributed by atoms with Crippen molar-refractivity contribution in [1.29, 1.82) is 0 Å². The summed E-state index contributed by atoms with van der Waals surface area (Å²) in [5.74, 6) is 2.47. The molecule has 1 aliphatic rings. The van der Waals surface area contributed by atoms with Crippen LogP contribution in [0.2, 0.25) is 0 Å². The third kappa shape index (κ3) is 3.55. The highest BCUT2D eigenvalue weighted by Crippen LogP contribution is 2.05. The third-order valence-electron chi connectivity index (χ3n) is 2.07. The standard InChI is InChI=1S/C11H15NO3/c1-3-5-9(4-2)12-11(13)10-8-14-6-7-15-10/h1,8-9H,4-7H2,2H3,(H,12,13). The van der Waals surface area contributed by atoms with Crippen LogP contribution in [0.4, 0.5) is 0 Å². The molecule has 0 fully saturated rings. The second-order valence-corrected chi connectivity index (χ2v) is 3.19. The molecule has 1 rings (SSSR count). The second-order valence-electron chi connectivity index (χ2n) is 3.19. The van der Waals surface area contributed by atoms with Crippen molar-refractivity contribution in [3.63, 3.8) is 0 Å². The minimum Gasteiger partial charge on any atom is -0.494 e. The van der Waals surface area contributed by atoms with E-state index in [1.165, 1.54) is 6.26 Å². The summed E-state index contributed by atoms with van der Waals surface area (Å²) in [6.07, 6.45) is 7.84. The molecule has 1 amide bonds. The van der Waals surface area contributed by atoms with Gasteiger partial charge in [-0.2, -0.15) is 0 Å². The number of ether oxygens (including phenoxy) is 2. The molecule has 82 valence electrons. The summed E-state index contributed by atoms with van der Waals surface area (Å²) >= 11 is 0. The monoisotopic (exact) mass is 209 g/mol. The van der Waals surface area contributed by atoms with E-state index in [9.17, 15) is 4.79 Å². The van der Waals surface area contributed by atoms with E-state index >= 15 is 0 Å². The molecule has 0 aromatic rings. The van der Waals surface area contributed by atoms with Gasteiger partial charge in [0, 0.05) is 12.5 Å². The van der Waals surface area contributed by atoms with E-state index in [1.54, 1.807) is 0 Å². The van der Waals surface area contributed by atoms with Gasteiger partial charge in [0.2, 0.25) is 5.76 Å². The zero-order chi connectivity index (χ0) is 11.1. The van der Waals surface area contributed by atoms with Gasteiger partial charge in [-0.1, -0.05) is 6.92 Å². The van der Waals surface area contributed by atoms with Gasteiger partial charge in [0.25, 0.3) is 5.91 Å². The van der Waals surface area contributed by atoms with Gasteiger partial charge < -0.3 is 14.8 Å². The van der Waals surface area contributed by atoms with Gasteiger partial charge in [0.1, 0.15) is 19.5 Å². The summed E-state index contributed by atoms with van der Waals surface area (Å²) in [7, 11) is 0. The first-order chi connectivity index (χ1) is 7.27. The van der Waals surface area contributed by atoms with Gasteiger partial charge in [-0.05, 0) is 6.42 Å². The van der Waals surface area contributed by atoms with Gasteiger partial charge in [0.15, 0.2) is 0 Å². The maximum atomic E-state index is 11.6. The lowest BCUT2D eigenvalue weighted by molar-refractivity contribution is -0.123. The predicted molar refractivity (Wildman–Crippen MR) is 55.7 cm³/mol. The predicted octanol–water partition coefficient (Wildman–Crippen LogP) is 0.793. The van der Waals surface area contributed by atoms with Crippen LogP contribution in [0, 0.1) is 12.3 Å². The molecule has 15 heavy (non-hydrogen) atoms. The maximum absolute atomic E-state index is 11.6. The van der Waals surface area contributed by atoms with Crippen molar-refractivity contribution in [3.8, 4) is 12.3 Å². The molecule has 0 saturated heterocycles. The number of hydrogen-bond acceptors (Lipinski definition) is 3. The normalized spacial score (nSPS) is 16.4. The average Bonchev–Trinajstić information content (AvgIpc) is 2.29. The summed E-state index contributed by atoms with van der Waals surface area (Å²) < 4.78 is 10.1. The number of hydrogen-bond donors (Lipinski definition) is 1. The topological polar surface area (TPSA) is 47.6 Å². The smallest absolute Gasteiger partial charge is 0.289 e. The highest BCUT2D eigenvalue weighted by molar-refractivity contribution is 5.91. The van der Waals surface area contributed by atoms with Gasteiger partial charge in [0.05, 0.1) is 0 Å². The van der Waals surface area contributed by atoms with Gasteiger partial charge >= 0.3 is 0 Å². The van der Waals surface area contributed by atoms with Gasteiger partial charge in [-0.3, -0.25) is 4.79 Å². The molecule has 1 N–H and O–H groups in total. The van der Waals surface area contributed by atoms with E-state index < -0.39 is 0 Å². The van der Waals surface area contributed by atoms with Crippen molar-refractivity contribution in [2.24, 2.45) is 0 Å². The molecule has 4 nitrogen and oxygen atoms in total. The molecule has 0 aromatic carbocycles. The van der Waals surface area contributed by atoms with E-state index in [0.717, 1.165) is 6.42 Å². The van der Waals surface area contributed by atoms with Crippen molar-refractivity contribution >= 4 is 5.91 Å². The molecule has 0 aromatic heterocycles. The van der Waals surface area contributed by atoms with Crippen molar-refractivity contribution in [3.05, 3.63) is 12.0 Å². The Bertz CT molecular complexity index is 291. The lowest BCUT2D eigenvalue weighted by Crippen LogP contribution is -2.36. The Balaban J connectivity index is 2.46. The molecule has 0 saturated carbocycles. The Morgan fingerprint density at radius 2 is 2.53 bits per heavy atom. The molecule has 1 unspecified atom stereocenters. The molecular formula is C11H15NO3. The molecule has 0 aliphatic carbocycles. The third-order valence-corrected chi connectivity index (χ3v) is 2.07. The van der Waals surface area contributed by atoms with Crippen molar-refractivity contribution in [2.45, 2.75) is 25.8 Å². The average molecular weight is 209 g/mol. The van der Waals surface area contributed by atoms with Crippen LogP contribution in [0.15, 0.2) is 12.0 Å². The zero-order valence-corrected chi connectivity index (χ0v) is 8.79. The Kier molecular flexibility index (Phi) is 4.55. The molecular weight excluding hydrogens is 194 g/mol. The number of amides is 1. The lowest BCUT2D eigenvalue weighted by atomic mass is 10.1. The van der Waals surface area contributed by atoms with Gasteiger partial charge in [-0.15, -0.1) is 12.3 Å². The first-order valence-electron chi connectivity index (χ1n) is 4.96.